The first kappa shape index (κ1) is 12.8. The Balaban J connectivity index is 3.41. The summed E-state index contributed by atoms with van der Waals surface area (Å²) in [7, 11) is 1.21. The molecule has 0 fully saturated rings. The number of carboxylic acids is 1. The summed E-state index contributed by atoms with van der Waals surface area (Å²) in [6.07, 6.45) is -3.60. The van der Waals surface area contributed by atoms with Gasteiger partial charge in [0.1, 0.15) is 23.2 Å². The van der Waals surface area contributed by atoms with E-state index in [0.29, 0.717) is 0 Å². The molecule has 0 radical (unpaired) electrons. The van der Waals surface area contributed by atoms with E-state index in [1.807, 2.05) is 0 Å². The number of hydrogen-bond acceptors (Lipinski definition) is 4. The van der Waals surface area contributed by atoms with Crippen LogP contribution in [0.1, 0.15) is 23.4 Å². The average molecular weight is 242 g/mol. The zero-order valence-corrected chi connectivity index (χ0v) is 8.78. The standard InChI is InChI=1S/C10H8F2N2O3/c1-17-7-2-5(4-13)14-9(10(11)12)6(7)3-8(15)16/h2,10H,3H2,1H3,(H,15,16). The number of nitrogens with zero attached hydrogens (tertiary/aromatic N) is 2. The maximum Gasteiger partial charge on any atom is 0.308 e. The van der Waals surface area contributed by atoms with Crippen molar-refractivity contribution in [2.75, 3.05) is 7.11 Å². The van der Waals surface area contributed by atoms with Crippen molar-refractivity contribution in [3.63, 3.8) is 0 Å². The van der Waals surface area contributed by atoms with Gasteiger partial charge in [0.25, 0.3) is 6.43 Å². The number of halogens is 2. The van der Waals surface area contributed by atoms with E-state index in [9.17, 15) is 13.6 Å². The molecule has 0 saturated heterocycles. The molecular formula is C10H8F2N2O3. The molecule has 90 valence electrons. The van der Waals surface area contributed by atoms with Gasteiger partial charge in [0.2, 0.25) is 0 Å². The molecule has 0 aliphatic rings. The lowest BCUT2D eigenvalue weighted by atomic mass is 10.1. The minimum Gasteiger partial charge on any atom is -0.496 e. The number of hydrogen-bond donors (Lipinski definition) is 1. The largest absolute Gasteiger partial charge is 0.496 e. The summed E-state index contributed by atoms with van der Waals surface area (Å²) in [5, 5.41) is 17.2. The average Bonchev–Trinajstić information content (AvgIpc) is 2.28. The van der Waals surface area contributed by atoms with Crippen molar-refractivity contribution in [1.82, 2.24) is 4.98 Å². The highest BCUT2D eigenvalue weighted by atomic mass is 19.3. The molecule has 0 saturated carbocycles. The highest BCUT2D eigenvalue weighted by molar-refractivity contribution is 5.72. The van der Waals surface area contributed by atoms with E-state index in [1.165, 1.54) is 7.11 Å². The quantitative estimate of drug-likeness (QED) is 0.865. The van der Waals surface area contributed by atoms with Gasteiger partial charge in [0, 0.05) is 11.6 Å². The number of aliphatic carboxylic acids is 1. The summed E-state index contributed by atoms with van der Waals surface area (Å²) in [6, 6.07) is 2.73. The Morgan fingerprint density at radius 3 is 2.76 bits per heavy atom. The molecule has 1 rings (SSSR count). The van der Waals surface area contributed by atoms with E-state index in [4.69, 9.17) is 15.1 Å². The molecule has 5 nitrogen and oxygen atoms in total. The highest BCUT2D eigenvalue weighted by Crippen LogP contribution is 2.29. The van der Waals surface area contributed by atoms with Crippen molar-refractivity contribution in [3.8, 4) is 11.8 Å². The van der Waals surface area contributed by atoms with Gasteiger partial charge < -0.3 is 9.84 Å². The van der Waals surface area contributed by atoms with E-state index >= 15 is 0 Å². The van der Waals surface area contributed by atoms with Crippen LogP contribution in [0.4, 0.5) is 8.78 Å². The van der Waals surface area contributed by atoms with E-state index in [2.05, 4.69) is 4.98 Å². The molecule has 7 heteroatoms. The number of carboxylic acid groups (broad SMARTS) is 1. The zero-order valence-electron chi connectivity index (χ0n) is 8.78. The number of pyridine rings is 1. The lowest BCUT2D eigenvalue weighted by Gasteiger charge is -2.11. The fraction of sp³-hybridized carbons (Fsp3) is 0.300. The Hall–Kier alpha value is -2.23. The van der Waals surface area contributed by atoms with Crippen LogP contribution in [0.5, 0.6) is 5.75 Å². The number of alkyl halides is 2. The molecule has 0 amide bonds. The highest BCUT2D eigenvalue weighted by Gasteiger charge is 2.22. The first-order valence-corrected chi connectivity index (χ1v) is 4.47. The van der Waals surface area contributed by atoms with Gasteiger partial charge >= 0.3 is 5.97 Å². The Morgan fingerprint density at radius 2 is 2.35 bits per heavy atom. The van der Waals surface area contributed by atoms with E-state index in [0.717, 1.165) is 6.07 Å². The van der Waals surface area contributed by atoms with Crippen LogP contribution in [-0.2, 0) is 11.2 Å². The molecule has 0 aliphatic heterocycles. The fourth-order valence-electron chi connectivity index (χ4n) is 1.32. The summed E-state index contributed by atoms with van der Waals surface area (Å²) in [6.45, 7) is 0. The fourth-order valence-corrected chi connectivity index (χ4v) is 1.32. The Labute approximate surface area is 95.3 Å². The lowest BCUT2D eigenvalue weighted by molar-refractivity contribution is -0.136. The number of ether oxygens (including phenoxy) is 1. The molecule has 1 heterocycles. The molecule has 1 aromatic rings. The third kappa shape index (κ3) is 2.87. The second kappa shape index (κ2) is 5.21. The molecule has 0 bridgehead atoms. The number of aromatic nitrogens is 1. The van der Waals surface area contributed by atoms with Crippen molar-refractivity contribution in [1.29, 1.82) is 5.26 Å². The summed E-state index contributed by atoms with van der Waals surface area (Å²) >= 11 is 0. The molecule has 0 aromatic carbocycles. The molecule has 17 heavy (non-hydrogen) atoms. The maximum atomic E-state index is 12.7. The molecule has 0 spiro atoms. The van der Waals surface area contributed by atoms with Crippen molar-refractivity contribution >= 4 is 5.97 Å². The van der Waals surface area contributed by atoms with Crippen LogP contribution in [-0.4, -0.2) is 23.2 Å². The van der Waals surface area contributed by atoms with Gasteiger partial charge in [-0.15, -0.1) is 0 Å². The van der Waals surface area contributed by atoms with Gasteiger partial charge in [0.05, 0.1) is 13.5 Å². The Kier molecular flexibility index (Phi) is 3.93. The SMILES string of the molecule is COc1cc(C#N)nc(C(F)F)c1CC(=O)O. The van der Waals surface area contributed by atoms with Crippen LogP contribution >= 0.6 is 0 Å². The molecule has 1 aromatic heterocycles. The minimum atomic E-state index is -2.97. The summed E-state index contributed by atoms with van der Waals surface area (Å²) in [4.78, 5) is 14.0. The number of methoxy groups -OCH3 is 1. The Morgan fingerprint density at radius 1 is 1.71 bits per heavy atom. The topological polar surface area (TPSA) is 83.2 Å². The second-order valence-electron chi connectivity index (χ2n) is 3.06. The number of carbonyl (C=O) groups is 1. The normalized spacial score (nSPS) is 10.1. The first-order chi connectivity index (χ1) is 7.99. The van der Waals surface area contributed by atoms with Gasteiger partial charge in [-0.05, 0) is 0 Å². The van der Waals surface area contributed by atoms with Crippen LogP contribution in [0.25, 0.3) is 0 Å². The number of rotatable bonds is 4. The van der Waals surface area contributed by atoms with Gasteiger partial charge in [0.15, 0.2) is 0 Å². The van der Waals surface area contributed by atoms with Gasteiger partial charge in [-0.2, -0.15) is 5.26 Å². The van der Waals surface area contributed by atoms with Crippen molar-refractivity contribution in [2.24, 2.45) is 0 Å². The third-order valence-corrected chi connectivity index (χ3v) is 1.98. The van der Waals surface area contributed by atoms with Crippen molar-refractivity contribution in [3.05, 3.63) is 23.0 Å². The van der Waals surface area contributed by atoms with Gasteiger partial charge in [-0.25, -0.2) is 13.8 Å². The molecule has 0 aliphatic carbocycles. The van der Waals surface area contributed by atoms with Crippen LogP contribution in [0.15, 0.2) is 6.07 Å². The molecular weight excluding hydrogens is 234 g/mol. The zero-order chi connectivity index (χ0) is 13.0. The molecule has 0 unspecified atom stereocenters. The maximum absolute atomic E-state index is 12.7. The summed E-state index contributed by atoms with van der Waals surface area (Å²) < 4.78 is 30.2. The predicted molar refractivity (Wildman–Crippen MR) is 51.8 cm³/mol. The third-order valence-electron chi connectivity index (χ3n) is 1.98. The predicted octanol–water partition coefficient (Wildman–Crippen LogP) is 1.53. The smallest absolute Gasteiger partial charge is 0.308 e. The van der Waals surface area contributed by atoms with Crippen LogP contribution < -0.4 is 4.74 Å². The van der Waals surface area contributed by atoms with Crippen molar-refractivity contribution < 1.29 is 23.4 Å². The lowest BCUT2D eigenvalue weighted by Crippen LogP contribution is -2.09. The van der Waals surface area contributed by atoms with E-state index in [1.54, 1.807) is 6.07 Å². The summed E-state index contributed by atoms with van der Waals surface area (Å²) in [5.74, 6) is -1.36. The summed E-state index contributed by atoms with van der Waals surface area (Å²) in [5.41, 5.74) is -1.19. The van der Waals surface area contributed by atoms with E-state index in [-0.39, 0.29) is 17.0 Å². The number of nitriles is 1. The first-order valence-electron chi connectivity index (χ1n) is 4.47. The molecule has 0 atom stereocenters. The van der Waals surface area contributed by atoms with Gasteiger partial charge in [-0.1, -0.05) is 0 Å². The minimum absolute atomic E-state index is 0.0748. The molecule has 1 N–H and O–H groups in total. The van der Waals surface area contributed by atoms with Crippen LogP contribution in [0, 0.1) is 11.3 Å². The van der Waals surface area contributed by atoms with Crippen molar-refractivity contribution in [2.45, 2.75) is 12.8 Å². The Bertz CT molecular complexity index is 483. The monoisotopic (exact) mass is 242 g/mol. The second-order valence-corrected chi connectivity index (χ2v) is 3.06. The van der Waals surface area contributed by atoms with Crippen LogP contribution in [0.3, 0.4) is 0 Å². The van der Waals surface area contributed by atoms with E-state index < -0.39 is 24.5 Å². The van der Waals surface area contributed by atoms with Crippen LogP contribution in [0.2, 0.25) is 0 Å². The van der Waals surface area contributed by atoms with Gasteiger partial charge in [-0.3, -0.25) is 4.79 Å².